The molecule has 1 saturated heterocycles. The molecule has 1 fully saturated rings. The summed E-state index contributed by atoms with van der Waals surface area (Å²) < 4.78 is 0. The van der Waals surface area contributed by atoms with E-state index in [1.165, 1.54) is 13.8 Å². The van der Waals surface area contributed by atoms with E-state index in [0.717, 1.165) is 54.0 Å². The smallest absolute Gasteiger partial charge is 0.238 e. The number of Topliss-reactive ketones (excluding diaryl/α,β-unsaturated/α-hetero) is 1. The van der Waals surface area contributed by atoms with E-state index in [2.05, 4.69) is 22.6 Å². The van der Waals surface area contributed by atoms with Crippen molar-refractivity contribution < 1.29 is 14.4 Å². The molecule has 0 bridgehead atoms. The first-order valence-corrected chi connectivity index (χ1v) is 11.4. The van der Waals surface area contributed by atoms with Crippen molar-refractivity contribution in [1.82, 2.24) is 10.2 Å². The highest BCUT2D eigenvalue weighted by molar-refractivity contribution is 6.24. The third-order valence-electron chi connectivity index (χ3n) is 6.36. The fourth-order valence-corrected chi connectivity index (χ4v) is 4.41. The Morgan fingerprint density at radius 1 is 1.06 bits per heavy atom. The molecule has 33 heavy (non-hydrogen) atoms. The van der Waals surface area contributed by atoms with Gasteiger partial charge >= 0.3 is 0 Å². The number of hydrogen-bond acceptors (Lipinski definition) is 5. The lowest BCUT2D eigenvalue weighted by atomic mass is 9.88. The minimum atomic E-state index is -0.569. The number of aliphatic imine (C=N–C) groups is 1. The van der Waals surface area contributed by atoms with Crippen LogP contribution in [0.3, 0.4) is 0 Å². The zero-order chi connectivity index (χ0) is 23.5. The quantitative estimate of drug-likeness (QED) is 0.527. The summed E-state index contributed by atoms with van der Waals surface area (Å²) in [6, 6.07) is 13.3. The first kappa shape index (κ1) is 22.9. The molecule has 0 aliphatic carbocycles. The van der Waals surface area contributed by atoms with Crippen molar-refractivity contribution in [1.29, 1.82) is 0 Å². The summed E-state index contributed by atoms with van der Waals surface area (Å²) in [4.78, 5) is 43.8. The monoisotopic (exact) mass is 446 g/mol. The molecule has 2 aromatic rings. The maximum absolute atomic E-state index is 13.1. The molecule has 2 aliphatic rings. The van der Waals surface area contributed by atoms with Gasteiger partial charge in [0.1, 0.15) is 5.92 Å². The molecule has 4 rings (SSSR count). The fraction of sp³-hybridized carbons (Fsp3) is 0.385. The third-order valence-corrected chi connectivity index (χ3v) is 6.36. The first-order chi connectivity index (χ1) is 15.8. The molecule has 2 aromatic carbocycles. The Balaban J connectivity index is 1.73. The lowest BCUT2D eigenvalue weighted by Crippen LogP contribution is -2.33. The molecule has 0 saturated carbocycles. The molecule has 2 N–H and O–H groups in total. The molecule has 7 heteroatoms. The number of benzene rings is 2. The number of piperidine rings is 1. The van der Waals surface area contributed by atoms with Crippen LogP contribution in [0.15, 0.2) is 47.5 Å². The van der Waals surface area contributed by atoms with Gasteiger partial charge in [-0.3, -0.25) is 19.4 Å². The second-order valence-corrected chi connectivity index (χ2v) is 8.94. The van der Waals surface area contributed by atoms with E-state index in [1.807, 2.05) is 30.3 Å². The molecule has 2 aliphatic heterocycles. The van der Waals surface area contributed by atoms with E-state index in [1.54, 1.807) is 12.1 Å². The number of amides is 2. The Bertz CT molecular complexity index is 1100. The van der Waals surface area contributed by atoms with Crippen LogP contribution in [0, 0.1) is 0 Å². The van der Waals surface area contributed by atoms with Gasteiger partial charge in [0.25, 0.3) is 0 Å². The van der Waals surface area contributed by atoms with Crippen LogP contribution in [0.5, 0.6) is 0 Å². The summed E-state index contributed by atoms with van der Waals surface area (Å²) in [6.45, 7) is 5.41. The van der Waals surface area contributed by atoms with Crippen molar-refractivity contribution in [2.75, 3.05) is 25.5 Å². The zero-order valence-corrected chi connectivity index (χ0v) is 19.4. The van der Waals surface area contributed by atoms with Crippen molar-refractivity contribution in [3.8, 4) is 0 Å². The van der Waals surface area contributed by atoms with Crippen LogP contribution < -0.4 is 10.6 Å². The Labute approximate surface area is 194 Å². The summed E-state index contributed by atoms with van der Waals surface area (Å²) in [7, 11) is 2.11. The Hall–Kier alpha value is -3.32. The number of carbonyl (C=O) groups is 3. The van der Waals surface area contributed by atoms with Gasteiger partial charge in [0.05, 0.1) is 11.8 Å². The molecule has 2 heterocycles. The molecule has 1 atom stereocenters. The number of likely N-dealkylation sites (tertiary alicyclic amines) is 1. The second kappa shape index (κ2) is 9.67. The van der Waals surface area contributed by atoms with Gasteiger partial charge < -0.3 is 15.5 Å². The van der Waals surface area contributed by atoms with Crippen molar-refractivity contribution in [3.63, 3.8) is 0 Å². The predicted octanol–water partition coefficient (Wildman–Crippen LogP) is 3.14. The average molecular weight is 447 g/mol. The van der Waals surface area contributed by atoms with E-state index in [0.29, 0.717) is 12.1 Å². The summed E-state index contributed by atoms with van der Waals surface area (Å²) in [6.07, 6.45) is 1.88. The van der Waals surface area contributed by atoms with E-state index >= 15 is 0 Å². The average Bonchev–Trinajstić information content (AvgIpc) is 3.12. The van der Waals surface area contributed by atoms with Crippen LogP contribution in [0.25, 0.3) is 0 Å². The van der Waals surface area contributed by atoms with Crippen molar-refractivity contribution in [3.05, 3.63) is 64.7 Å². The normalized spacial score (nSPS) is 19.2. The Morgan fingerprint density at radius 3 is 2.36 bits per heavy atom. The Kier molecular flexibility index (Phi) is 6.70. The van der Waals surface area contributed by atoms with Crippen LogP contribution in [0.2, 0.25) is 0 Å². The predicted molar refractivity (Wildman–Crippen MR) is 129 cm³/mol. The van der Waals surface area contributed by atoms with Gasteiger partial charge in [0, 0.05) is 24.7 Å². The van der Waals surface area contributed by atoms with Gasteiger partial charge in [0.2, 0.25) is 11.8 Å². The first-order valence-electron chi connectivity index (χ1n) is 11.4. The van der Waals surface area contributed by atoms with Gasteiger partial charge in [-0.2, -0.15) is 0 Å². The minimum absolute atomic E-state index is 0.0352. The fourth-order valence-electron chi connectivity index (χ4n) is 4.41. The lowest BCUT2D eigenvalue weighted by Gasteiger charge is -2.28. The molecule has 7 nitrogen and oxygen atoms in total. The summed E-state index contributed by atoms with van der Waals surface area (Å²) >= 11 is 0. The topological polar surface area (TPSA) is 90.9 Å². The highest BCUT2D eigenvalue weighted by atomic mass is 16.2. The van der Waals surface area contributed by atoms with Gasteiger partial charge in [-0.25, -0.2) is 0 Å². The number of nitrogens with zero attached hydrogens (tertiary/aromatic N) is 2. The number of nitrogens with one attached hydrogen (secondary N) is 2. The second-order valence-electron chi connectivity index (χ2n) is 8.94. The van der Waals surface area contributed by atoms with Crippen LogP contribution in [0.1, 0.15) is 59.7 Å². The maximum atomic E-state index is 13.1. The van der Waals surface area contributed by atoms with Gasteiger partial charge in [0.15, 0.2) is 5.78 Å². The van der Waals surface area contributed by atoms with Crippen molar-refractivity contribution >= 4 is 29.0 Å². The van der Waals surface area contributed by atoms with Gasteiger partial charge in [-0.05, 0) is 74.8 Å². The van der Waals surface area contributed by atoms with Crippen LogP contribution in [-0.4, -0.2) is 54.4 Å². The summed E-state index contributed by atoms with van der Waals surface area (Å²) in [5, 5.41) is 5.77. The van der Waals surface area contributed by atoms with Gasteiger partial charge in [-0.1, -0.05) is 24.3 Å². The van der Waals surface area contributed by atoms with Crippen molar-refractivity contribution in [2.24, 2.45) is 4.99 Å². The van der Waals surface area contributed by atoms with E-state index < -0.39 is 5.92 Å². The minimum Gasteiger partial charge on any atom is -0.352 e. The van der Waals surface area contributed by atoms with Crippen LogP contribution in [-0.2, 0) is 16.1 Å². The molecule has 172 valence electrons. The SMILES string of the molecule is CC(=O)NCc1ccc(C(=NC2CCN(C)CC2)C2C(=O)Nc3ccc(C(C)=O)cc32)cc1. The molecular formula is C26H30N4O3. The maximum Gasteiger partial charge on any atom is 0.238 e. The third kappa shape index (κ3) is 5.20. The van der Waals surface area contributed by atoms with Crippen LogP contribution in [0.4, 0.5) is 5.69 Å². The number of anilines is 1. The highest BCUT2D eigenvalue weighted by Crippen LogP contribution is 2.36. The summed E-state index contributed by atoms with van der Waals surface area (Å²) in [5.74, 6) is -0.809. The highest BCUT2D eigenvalue weighted by Gasteiger charge is 2.36. The molecule has 2 amide bonds. The van der Waals surface area contributed by atoms with Crippen molar-refractivity contribution in [2.45, 2.75) is 45.2 Å². The molecule has 0 radical (unpaired) electrons. The standard InChI is InChI=1S/C26H30N4O3/c1-16(31)20-8-9-23-22(14-20)24(26(33)29-23)25(28-21-10-12-30(3)13-11-21)19-6-4-18(5-7-19)15-27-17(2)32/h4-9,14,21,24H,10-13,15H2,1-3H3,(H,27,32)(H,29,33). The molecule has 1 unspecified atom stereocenters. The number of rotatable bonds is 6. The number of carbonyl (C=O) groups excluding carboxylic acids is 3. The number of hydrogen-bond donors (Lipinski definition) is 2. The number of ketones is 1. The zero-order valence-electron chi connectivity index (χ0n) is 19.4. The van der Waals surface area contributed by atoms with E-state index in [-0.39, 0.29) is 23.6 Å². The van der Waals surface area contributed by atoms with Crippen LogP contribution >= 0.6 is 0 Å². The Morgan fingerprint density at radius 2 is 1.73 bits per heavy atom. The van der Waals surface area contributed by atoms with E-state index in [9.17, 15) is 14.4 Å². The van der Waals surface area contributed by atoms with E-state index in [4.69, 9.17) is 4.99 Å². The summed E-state index contributed by atoms with van der Waals surface area (Å²) in [5.41, 5.74) is 4.69. The lowest BCUT2D eigenvalue weighted by molar-refractivity contribution is -0.119. The van der Waals surface area contributed by atoms with Gasteiger partial charge in [-0.15, -0.1) is 0 Å². The molecular weight excluding hydrogens is 416 g/mol. The largest absolute Gasteiger partial charge is 0.352 e. The molecule has 0 spiro atoms. The number of fused-ring (bicyclic) bond motifs is 1. The molecule has 0 aromatic heterocycles.